The van der Waals surface area contributed by atoms with E-state index in [1.54, 1.807) is 18.2 Å². The van der Waals surface area contributed by atoms with Crippen LogP contribution in [0.2, 0.25) is 0 Å². The van der Waals surface area contributed by atoms with Gasteiger partial charge in [0.2, 0.25) is 0 Å². The van der Waals surface area contributed by atoms with Crippen LogP contribution in [-0.4, -0.2) is 30.1 Å². The number of nitro groups is 1. The third-order valence-corrected chi connectivity index (χ3v) is 3.91. The number of carbonyl (C=O) groups is 1. The van der Waals surface area contributed by atoms with Crippen LogP contribution in [0.1, 0.15) is 18.9 Å². The topological polar surface area (TPSA) is 96.3 Å². The van der Waals surface area contributed by atoms with Crippen molar-refractivity contribution >= 4 is 17.4 Å². The normalized spacial score (nSPS) is 11.4. The number of amides is 2. The van der Waals surface area contributed by atoms with Crippen molar-refractivity contribution in [2.24, 2.45) is 0 Å². The Morgan fingerprint density at radius 3 is 2.50 bits per heavy atom. The molecule has 2 aromatic carbocycles. The second kappa shape index (κ2) is 10.0. The maximum absolute atomic E-state index is 11.9. The summed E-state index contributed by atoms with van der Waals surface area (Å²) in [6.07, 6.45) is 1.76. The van der Waals surface area contributed by atoms with Gasteiger partial charge in [-0.25, -0.2) is 4.79 Å². The van der Waals surface area contributed by atoms with E-state index in [-0.39, 0.29) is 17.8 Å². The largest absolute Gasteiger partial charge is 0.378 e. The number of aryl methyl sites for hydroxylation is 1. The molecular formula is C19H24N4O3. The van der Waals surface area contributed by atoms with Crippen LogP contribution in [0.3, 0.4) is 0 Å². The Hall–Kier alpha value is -3.09. The fourth-order valence-electron chi connectivity index (χ4n) is 2.53. The number of rotatable bonds is 9. The van der Waals surface area contributed by atoms with Crippen LogP contribution in [-0.2, 0) is 6.42 Å². The Morgan fingerprint density at radius 1 is 1.08 bits per heavy atom. The third kappa shape index (κ3) is 6.43. The molecule has 2 amide bonds. The van der Waals surface area contributed by atoms with Crippen molar-refractivity contribution in [1.29, 1.82) is 0 Å². The number of hydrogen-bond donors (Lipinski definition) is 3. The van der Waals surface area contributed by atoms with Crippen molar-refractivity contribution in [3.05, 3.63) is 70.3 Å². The first kappa shape index (κ1) is 19.2. The Morgan fingerprint density at radius 2 is 1.77 bits per heavy atom. The van der Waals surface area contributed by atoms with Gasteiger partial charge in [-0.3, -0.25) is 10.1 Å². The van der Waals surface area contributed by atoms with Crippen molar-refractivity contribution in [2.75, 3.05) is 18.4 Å². The van der Waals surface area contributed by atoms with Crippen molar-refractivity contribution in [1.82, 2.24) is 10.6 Å². The molecule has 0 saturated heterocycles. The molecule has 0 spiro atoms. The van der Waals surface area contributed by atoms with E-state index in [4.69, 9.17) is 0 Å². The molecule has 26 heavy (non-hydrogen) atoms. The second-order valence-electron chi connectivity index (χ2n) is 6.03. The van der Waals surface area contributed by atoms with Crippen molar-refractivity contribution in [3.63, 3.8) is 0 Å². The van der Waals surface area contributed by atoms with E-state index < -0.39 is 4.92 Å². The molecule has 0 radical (unpaired) electrons. The number of urea groups is 1. The molecule has 2 rings (SSSR count). The van der Waals surface area contributed by atoms with Crippen LogP contribution in [0, 0.1) is 10.1 Å². The van der Waals surface area contributed by atoms with Crippen molar-refractivity contribution in [3.8, 4) is 0 Å². The zero-order valence-electron chi connectivity index (χ0n) is 14.8. The van der Waals surface area contributed by atoms with Gasteiger partial charge in [-0.2, -0.15) is 0 Å². The Labute approximate surface area is 153 Å². The molecule has 0 aliphatic rings. The quantitative estimate of drug-likeness (QED) is 0.365. The Balaban J connectivity index is 1.65. The summed E-state index contributed by atoms with van der Waals surface area (Å²) in [5.74, 6) is 0. The Bertz CT molecular complexity index is 722. The zero-order valence-corrected chi connectivity index (χ0v) is 14.8. The summed E-state index contributed by atoms with van der Waals surface area (Å²) in [5, 5.41) is 19.5. The minimum absolute atomic E-state index is 0.0199. The van der Waals surface area contributed by atoms with Crippen LogP contribution >= 0.6 is 0 Å². The summed E-state index contributed by atoms with van der Waals surface area (Å²) in [6.45, 7) is 2.73. The van der Waals surface area contributed by atoms with E-state index in [9.17, 15) is 14.9 Å². The van der Waals surface area contributed by atoms with Crippen LogP contribution in [0.4, 0.5) is 16.2 Å². The van der Waals surface area contributed by atoms with E-state index in [0.717, 1.165) is 12.8 Å². The molecule has 0 fully saturated rings. The van der Waals surface area contributed by atoms with E-state index >= 15 is 0 Å². The zero-order chi connectivity index (χ0) is 18.8. The van der Waals surface area contributed by atoms with E-state index in [1.165, 1.54) is 11.6 Å². The molecule has 0 bridgehead atoms. The summed E-state index contributed by atoms with van der Waals surface area (Å²) in [7, 11) is 0. The number of nitro benzene ring substituents is 1. The predicted molar refractivity (Wildman–Crippen MR) is 102 cm³/mol. The summed E-state index contributed by atoms with van der Waals surface area (Å²) in [4.78, 5) is 22.4. The highest BCUT2D eigenvalue weighted by Gasteiger charge is 2.11. The van der Waals surface area contributed by atoms with Gasteiger partial charge in [0.05, 0.1) is 4.92 Å². The van der Waals surface area contributed by atoms with Gasteiger partial charge in [0.1, 0.15) is 5.69 Å². The van der Waals surface area contributed by atoms with Gasteiger partial charge in [-0.1, -0.05) is 42.5 Å². The van der Waals surface area contributed by atoms with Crippen molar-refractivity contribution < 1.29 is 9.72 Å². The molecule has 0 aliphatic carbocycles. The number of para-hydroxylation sites is 2. The highest BCUT2D eigenvalue weighted by atomic mass is 16.6. The van der Waals surface area contributed by atoms with Gasteiger partial charge >= 0.3 is 6.03 Å². The summed E-state index contributed by atoms with van der Waals surface area (Å²) in [5.41, 5.74) is 1.71. The molecule has 2 aromatic rings. The summed E-state index contributed by atoms with van der Waals surface area (Å²) in [6, 6.07) is 16.4. The molecule has 138 valence electrons. The lowest BCUT2D eigenvalue weighted by molar-refractivity contribution is -0.384. The van der Waals surface area contributed by atoms with Gasteiger partial charge < -0.3 is 16.0 Å². The van der Waals surface area contributed by atoms with Crippen LogP contribution < -0.4 is 16.0 Å². The van der Waals surface area contributed by atoms with E-state index in [2.05, 4.69) is 28.1 Å². The lowest BCUT2D eigenvalue weighted by atomic mass is 10.1. The predicted octanol–water partition coefficient (Wildman–Crippen LogP) is 3.33. The minimum atomic E-state index is -0.434. The monoisotopic (exact) mass is 356 g/mol. The molecule has 1 atom stereocenters. The minimum Gasteiger partial charge on any atom is -0.378 e. The SMILES string of the molecule is CC(CCc1ccccc1)NC(=O)NCCNc1ccccc1[N+](=O)[O-]. The highest BCUT2D eigenvalue weighted by Crippen LogP contribution is 2.22. The molecule has 3 N–H and O–H groups in total. The van der Waals surface area contributed by atoms with Gasteiger partial charge in [0, 0.05) is 25.2 Å². The first-order chi connectivity index (χ1) is 12.6. The maximum atomic E-state index is 11.9. The maximum Gasteiger partial charge on any atom is 0.315 e. The lowest BCUT2D eigenvalue weighted by Gasteiger charge is -2.15. The second-order valence-corrected chi connectivity index (χ2v) is 6.03. The number of nitrogens with zero attached hydrogens (tertiary/aromatic N) is 1. The van der Waals surface area contributed by atoms with Gasteiger partial charge in [0.25, 0.3) is 5.69 Å². The molecule has 7 heteroatoms. The summed E-state index contributed by atoms with van der Waals surface area (Å²) >= 11 is 0. The number of carbonyl (C=O) groups excluding carboxylic acids is 1. The number of benzene rings is 2. The van der Waals surface area contributed by atoms with Crippen LogP contribution in [0.15, 0.2) is 54.6 Å². The van der Waals surface area contributed by atoms with E-state index in [0.29, 0.717) is 18.8 Å². The third-order valence-electron chi connectivity index (χ3n) is 3.91. The standard InChI is InChI=1S/C19H24N4O3/c1-15(11-12-16-7-3-2-4-8-16)22-19(24)21-14-13-20-17-9-5-6-10-18(17)23(25)26/h2-10,15,20H,11-14H2,1H3,(H2,21,22,24). The first-order valence-electron chi connectivity index (χ1n) is 8.62. The average molecular weight is 356 g/mol. The molecule has 0 heterocycles. The molecule has 0 aliphatic heterocycles. The molecule has 0 saturated carbocycles. The fraction of sp³-hybridized carbons (Fsp3) is 0.316. The smallest absolute Gasteiger partial charge is 0.315 e. The molecule has 0 aromatic heterocycles. The number of anilines is 1. The van der Waals surface area contributed by atoms with E-state index in [1.807, 2.05) is 25.1 Å². The Kier molecular flexibility index (Phi) is 7.42. The van der Waals surface area contributed by atoms with Crippen molar-refractivity contribution in [2.45, 2.75) is 25.8 Å². The summed E-state index contributed by atoms with van der Waals surface area (Å²) < 4.78 is 0. The number of hydrogen-bond acceptors (Lipinski definition) is 4. The highest BCUT2D eigenvalue weighted by molar-refractivity contribution is 5.74. The van der Waals surface area contributed by atoms with Crippen LogP contribution in [0.5, 0.6) is 0 Å². The molecule has 1 unspecified atom stereocenters. The molecule has 7 nitrogen and oxygen atoms in total. The fourth-order valence-corrected chi connectivity index (χ4v) is 2.53. The van der Waals surface area contributed by atoms with Gasteiger partial charge in [-0.05, 0) is 31.4 Å². The van der Waals surface area contributed by atoms with Gasteiger partial charge in [0.15, 0.2) is 0 Å². The van der Waals surface area contributed by atoms with Crippen LogP contribution in [0.25, 0.3) is 0 Å². The lowest BCUT2D eigenvalue weighted by Crippen LogP contribution is -2.42. The average Bonchev–Trinajstić information content (AvgIpc) is 2.64. The first-order valence-corrected chi connectivity index (χ1v) is 8.62. The number of nitrogens with one attached hydrogen (secondary N) is 3. The van der Waals surface area contributed by atoms with Gasteiger partial charge in [-0.15, -0.1) is 0 Å². The molecular weight excluding hydrogens is 332 g/mol.